The SMILES string of the molecule is CC/C=C\C/C=C\C/C=C\C/C=C\C/C=C\CCCCCC(=O)OCC(COP(=O)(O)OCC(O)COP(=O)(O)OCC(COC(=O)CCCCCC/C=C\C/C=C\C/C=C\C/C=C\CC)OC(=O)CCCCCCCCCCCCCCCCC)OC(=O)CCCCCC/C=C\C/C=C\C/C=C\C/C=C\CC. The van der Waals surface area contributed by atoms with Crippen molar-refractivity contribution in [3.63, 3.8) is 0 Å². The lowest BCUT2D eigenvalue weighted by Gasteiger charge is -2.21. The van der Waals surface area contributed by atoms with Gasteiger partial charge in [0, 0.05) is 25.7 Å². The largest absolute Gasteiger partial charge is 0.472 e. The zero-order valence-corrected chi connectivity index (χ0v) is 69.3. The summed E-state index contributed by atoms with van der Waals surface area (Å²) in [6.45, 7) is 4.47. The van der Waals surface area contributed by atoms with Gasteiger partial charge in [-0.3, -0.25) is 37.3 Å². The van der Waals surface area contributed by atoms with Crippen molar-refractivity contribution in [1.82, 2.24) is 0 Å². The van der Waals surface area contributed by atoms with Gasteiger partial charge in [0.05, 0.1) is 26.4 Å². The number of aliphatic hydroxyl groups excluding tert-OH is 1. The van der Waals surface area contributed by atoms with Crippen molar-refractivity contribution in [2.45, 2.75) is 341 Å². The standard InChI is InChI=1S/C89H148O17P2/c1-5-9-13-17-21-25-29-33-37-40-41-44-47-50-54-58-62-66-70-74-87(92)100-80-85(106-89(94)76-72-68-64-60-56-52-48-43-39-35-31-27-23-19-15-11-7-3)82-104-108(97,98)102-78-83(90)77-101-107(95,96)103-81-84(105-88(93)75-71-67-63-59-55-51-45-36-32-28-24-20-16-12-8-4)79-99-86(91)73-69-65-61-57-53-49-46-42-38-34-30-26-22-18-14-10-6-2/h9-11,13-15,21-23,25-27,33-35,37-39,41,44,46,48-50,52,54,83-85,90H,5-8,12,16-20,24,28-32,36,40,42-43,45,47,51,53,55-82H2,1-4H3,(H,95,96)(H,97,98)/b13-9-,14-10-,15-11-,25-21-,26-22-,27-23-,37-33-,38-34-,39-35-,44-41-,49-46-,52-48-,54-50-. The van der Waals surface area contributed by atoms with Crippen LogP contribution >= 0.6 is 15.6 Å². The summed E-state index contributed by atoms with van der Waals surface area (Å²) in [7, 11) is -10.00. The minimum atomic E-state index is -5.00. The second-order valence-corrected chi connectivity index (χ2v) is 30.2. The number of aliphatic hydroxyl groups is 1. The minimum absolute atomic E-state index is 0.0539. The zero-order chi connectivity index (χ0) is 78.9. The summed E-state index contributed by atoms with van der Waals surface area (Å²) < 4.78 is 68.7. The first-order chi connectivity index (χ1) is 52.7. The van der Waals surface area contributed by atoms with E-state index in [1.165, 1.54) is 64.2 Å². The Morgan fingerprint density at radius 3 is 0.750 bits per heavy atom. The highest BCUT2D eigenvalue weighted by atomic mass is 31.2. The number of allylic oxidation sites excluding steroid dienone is 26. The molecule has 0 fully saturated rings. The summed E-state index contributed by atoms with van der Waals surface area (Å²) in [4.78, 5) is 73.2. The molecule has 108 heavy (non-hydrogen) atoms. The highest BCUT2D eigenvalue weighted by molar-refractivity contribution is 7.47. The molecule has 0 rings (SSSR count). The smallest absolute Gasteiger partial charge is 0.462 e. The second kappa shape index (κ2) is 79.8. The number of ether oxygens (including phenoxy) is 4. The second-order valence-electron chi connectivity index (χ2n) is 27.3. The molecule has 0 saturated carbocycles. The van der Waals surface area contributed by atoms with E-state index in [1.807, 2.05) is 0 Å². The van der Waals surface area contributed by atoms with E-state index in [1.54, 1.807) is 0 Å². The lowest BCUT2D eigenvalue weighted by Crippen LogP contribution is -2.30. The highest BCUT2D eigenvalue weighted by Crippen LogP contribution is 2.45. The molecular weight excluding hydrogens is 1400 g/mol. The first kappa shape index (κ1) is 103. The molecule has 0 bridgehead atoms. The zero-order valence-electron chi connectivity index (χ0n) is 67.5. The van der Waals surface area contributed by atoms with E-state index in [-0.39, 0.29) is 25.7 Å². The molecule has 0 aliphatic carbocycles. The third-order valence-corrected chi connectivity index (χ3v) is 18.9. The number of hydrogen-bond donors (Lipinski definition) is 3. The van der Waals surface area contributed by atoms with Gasteiger partial charge in [0.2, 0.25) is 0 Å². The van der Waals surface area contributed by atoms with Crippen LogP contribution in [0.3, 0.4) is 0 Å². The van der Waals surface area contributed by atoms with Crippen LogP contribution in [0.25, 0.3) is 0 Å². The number of hydrogen-bond acceptors (Lipinski definition) is 15. The number of carbonyl (C=O) groups is 4. The van der Waals surface area contributed by atoms with E-state index in [2.05, 4.69) is 186 Å². The summed E-state index contributed by atoms with van der Waals surface area (Å²) in [5, 5.41) is 10.7. The van der Waals surface area contributed by atoms with Crippen LogP contribution in [0.15, 0.2) is 158 Å². The molecule has 0 aliphatic heterocycles. The molecule has 17 nitrogen and oxygen atoms in total. The van der Waals surface area contributed by atoms with Crippen LogP contribution in [-0.2, 0) is 65.4 Å². The van der Waals surface area contributed by atoms with Gasteiger partial charge in [-0.05, 0) is 148 Å². The van der Waals surface area contributed by atoms with Crippen LogP contribution < -0.4 is 0 Å². The predicted molar refractivity (Wildman–Crippen MR) is 445 cm³/mol. The number of phosphoric ester groups is 2. The predicted octanol–water partition coefficient (Wildman–Crippen LogP) is 24.8. The van der Waals surface area contributed by atoms with Crippen LogP contribution in [0.2, 0.25) is 0 Å². The van der Waals surface area contributed by atoms with Crippen molar-refractivity contribution in [3.05, 3.63) is 158 Å². The van der Waals surface area contributed by atoms with Crippen LogP contribution in [0, 0.1) is 0 Å². The summed E-state index contributed by atoms with van der Waals surface area (Å²) in [6, 6.07) is 0. The topological polar surface area (TPSA) is 237 Å². The molecule has 0 saturated heterocycles. The Morgan fingerprint density at radius 2 is 0.481 bits per heavy atom. The molecule has 0 aromatic carbocycles. The molecule has 5 unspecified atom stereocenters. The van der Waals surface area contributed by atoms with E-state index in [0.29, 0.717) is 25.7 Å². The maximum Gasteiger partial charge on any atom is 0.472 e. The van der Waals surface area contributed by atoms with Crippen molar-refractivity contribution >= 4 is 39.5 Å². The van der Waals surface area contributed by atoms with Crippen LogP contribution in [0.1, 0.15) is 323 Å². The summed E-state index contributed by atoms with van der Waals surface area (Å²) in [5.41, 5.74) is 0. The van der Waals surface area contributed by atoms with Crippen LogP contribution in [-0.4, -0.2) is 96.7 Å². The monoisotopic (exact) mass is 1550 g/mol. The molecule has 19 heteroatoms. The normalized spacial score (nSPS) is 14.6. The molecule has 3 N–H and O–H groups in total. The van der Waals surface area contributed by atoms with Crippen molar-refractivity contribution in [2.75, 3.05) is 39.6 Å². The molecule has 0 aromatic rings. The van der Waals surface area contributed by atoms with Crippen molar-refractivity contribution in [3.8, 4) is 0 Å². The maximum absolute atomic E-state index is 13.1. The molecule has 0 amide bonds. The fourth-order valence-corrected chi connectivity index (χ4v) is 12.3. The average molecular weight is 1550 g/mol. The van der Waals surface area contributed by atoms with Gasteiger partial charge in [-0.2, -0.15) is 0 Å². The van der Waals surface area contributed by atoms with Gasteiger partial charge >= 0.3 is 39.5 Å². The first-order valence-corrected chi connectivity index (χ1v) is 44.7. The van der Waals surface area contributed by atoms with Gasteiger partial charge in [-0.15, -0.1) is 0 Å². The summed E-state index contributed by atoms with van der Waals surface area (Å²) >= 11 is 0. The van der Waals surface area contributed by atoms with E-state index in [9.17, 15) is 43.2 Å². The van der Waals surface area contributed by atoms with E-state index >= 15 is 0 Å². The van der Waals surface area contributed by atoms with E-state index in [0.717, 1.165) is 180 Å². The molecule has 0 radical (unpaired) electrons. The van der Waals surface area contributed by atoms with Gasteiger partial charge in [-0.25, -0.2) is 9.13 Å². The first-order valence-electron chi connectivity index (χ1n) is 41.7. The molecule has 0 heterocycles. The Bertz CT molecular complexity index is 2660. The van der Waals surface area contributed by atoms with Gasteiger partial charge < -0.3 is 33.8 Å². The van der Waals surface area contributed by atoms with Gasteiger partial charge in [0.15, 0.2) is 12.2 Å². The molecule has 0 aliphatic rings. The number of rotatable bonds is 77. The molecule has 616 valence electrons. The van der Waals surface area contributed by atoms with Crippen molar-refractivity contribution in [1.29, 1.82) is 0 Å². The molecule has 0 spiro atoms. The van der Waals surface area contributed by atoms with Gasteiger partial charge in [0.1, 0.15) is 19.3 Å². The van der Waals surface area contributed by atoms with Crippen molar-refractivity contribution in [2.24, 2.45) is 0 Å². The third kappa shape index (κ3) is 78.8. The summed E-state index contributed by atoms with van der Waals surface area (Å²) in [5.74, 6) is -2.26. The van der Waals surface area contributed by atoms with Crippen LogP contribution in [0.4, 0.5) is 0 Å². The Kier molecular flexibility index (Phi) is 75.8. The van der Waals surface area contributed by atoms with Crippen LogP contribution in [0.5, 0.6) is 0 Å². The fraction of sp³-hybridized carbons (Fsp3) is 0.663. The lowest BCUT2D eigenvalue weighted by molar-refractivity contribution is -0.161. The Balaban J connectivity index is 5.46. The minimum Gasteiger partial charge on any atom is -0.462 e. The van der Waals surface area contributed by atoms with E-state index in [4.69, 9.17) is 37.0 Å². The number of unbranched alkanes of at least 4 members (excludes halogenated alkanes) is 25. The Labute approximate surface area is 655 Å². The molecule has 5 atom stereocenters. The van der Waals surface area contributed by atoms with Crippen molar-refractivity contribution < 1.29 is 80.2 Å². The fourth-order valence-electron chi connectivity index (χ4n) is 10.8. The highest BCUT2D eigenvalue weighted by Gasteiger charge is 2.30. The van der Waals surface area contributed by atoms with Gasteiger partial charge in [0.25, 0.3) is 0 Å². The Hall–Kier alpha value is -5.32. The van der Waals surface area contributed by atoms with Gasteiger partial charge in [-0.1, -0.05) is 308 Å². The quantitative estimate of drug-likeness (QED) is 0.0169. The third-order valence-electron chi connectivity index (χ3n) is 17.0. The molecule has 0 aromatic heterocycles. The molecular formula is C89H148O17P2. The summed E-state index contributed by atoms with van der Waals surface area (Å²) in [6.07, 6.45) is 93.5. The average Bonchev–Trinajstić information content (AvgIpc) is 0.906. The lowest BCUT2D eigenvalue weighted by atomic mass is 10.0. The Morgan fingerprint density at radius 1 is 0.269 bits per heavy atom. The maximum atomic E-state index is 13.1. The number of phosphoric acid groups is 2. The number of carbonyl (C=O) groups excluding carboxylic acids is 4. The van der Waals surface area contributed by atoms with E-state index < -0.39 is 97.5 Å². The number of esters is 4.